The summed E-state index contributed by atoms with van der Waals surface area (Å²) >= 11 is 0. The van der Waals surface area contributed by atoms with Gasteiger partial charge in [0.25, 0.3) is 0 Å². The predicted molar refractivity (Wildman–Crippen MR) is 47.5 cm³/mol. The van der Waals surface area contributed by atoms with Gasteiger partial charge in [-0.3, -0.25) is 47.0 Å². The van der Waals surface area contributed by atoms with E-state index < -0.39 is 0 Å². The molecule has 0 N–H and O–H groups in total. The summed E-state index contributed by atoms with van der Waals surface area (Å²) in [4.78, 5) is 0. The van der Waals surface area contributed by atoms with Gasteiger partial charge in [-0.2, -0.15) is 0 Å². The summed E-state index contributed by atoms with van der Waals surface area (Å²) in [5.74, 6) is 0. The van der Waals surface area contributed by atoms with Gasteiger partial charge in [-0.15, -0.1) is 26.3 Å². The average Bonchev–Trinajstić information content (AvgIpc) is 1.50. The van der Waals surface area contributed by atoms with E-state index in [2.05, 4.69) is 26.3 Å². The zero-order chi connectivity index (χ0) is 4.00. The van der Waals surface area contributed by atoms with Gasteiger partial charge in [-0.25, -0.2) is 0 Å². The van der Waals surface area contributed by atoms with Crippen LogP contribution in [0.4, 0.5) is 47.0 Å². The van der Waals surface area contributed by atoms with Crippen molar-refractivity contribution in [3.63, 3.8) is 0 Å². The van der Waals surface area contributed by atoms with Gasteiger partial charge in [0.2, 0.25) is 0 Å². The lowest BCUT2D eigenvalue weighted by atomic mass is 11.3. The van der Waals surface area contributed by atoms with Crippen molar-refractivity contribution in [3.05, 3.63) is 26.3 Å². The van der Waals surface area contributed by atoms with Crippen LogP contribution in [0.5, 0.6) is 0 Å². The molecule has 0 rings (SSSR count). The first kappa shape index (κ1) is 2910. The molecule has 0 aliphatic carbocycles. The molecule has 0 saturated heterocycles. The van der Waals surface area contributed by atoms with Crippen LogP contribution in [0, 0.1) is 0 Å². The highest BCUT2D eigenvalue weighted by Gasteiger charge is 0.603. The summed E-state index contributed by atoms with van der Waals surface area (Å²) in [6, 6.07) is 0. The topological polar surface area (TPSA) is 0 Å². The van der Waals surface area contributed by atoms with Crippen molar-refractivity contribution < 1.29 is 47.0 Å². The van der Waals surface area contributed by atoms with Gasteiger partial charge < -0.3 is 0 Å². The second-order valence-corrected chi connectivity index (χ2v) is 0. The first-order chi connectivity index (χ1) is 2.00. The Labute approximate surface area is 74.7 Å². The largest absolute Gasteiger partial charge is 0.269 e. The minimum atomic E-state index is 0. The van der Waals surface area contributed by atoms with Crippen molar-refractivity contribution in [2.45, 2.75) is 0 Å². The van der Waals surface area contributed by atoms with E-state index in [1.807, 2.05) is 0 Å². The van der Waals surface area contributed by atoms with Gasteiger partial charge in [0, 0.05) is 0 Å². The first-order valence-electron chi connectivity index (χ1n) is 1.000. The molecular formula is C4H18F10. The zero-order valence-corrected chi connectivity index (χ0v) is 6.91. The molecule has 14 heavy (non-hydrogen) atoms. The maximum absolute atomic E-state index is 3.00. The molecule has 0 aromatic rings. The van der Waals surface area contributed by atoms with Crippen LogP contribution in [0.1, 0.15) is 0 Å². The van der Waals surface area contributed by atoms with E-state index in [1.165, 1.54) is 0 Å². The molecule has 0 saturated carbocycles. The van der Waals surface area contributed by atoms with E-state index in [0.717, 1.165) is 0 Å². The third kappa shape index (κ3) is 693. The molecule has 0 spiro atoms. The Hall–Kier alpha value is -1.22. The van der Waals surface area contributed by atoms with Crippen molar-refractivity contribution in [2.24, 2.45) is 0 Å². The molecule has 10 heteroatoms. The van der Waals surface area contributed by atoms with Crippen molar-refractivity contribution in [1.82, 2.24) is 0 Å². The lowest BCUT2D eigenvalue weighted by Gasteiger charge is -0.813. The molecule has 0 amide bonds. The second kappa shape index (κ2) is 920. The van der Waals surface area contributed by atoms with Crippen LogP contribution in [0.3, 0.4) is 0 Å². The van der Waals surface area contributed by atoms with Crippen LogP contribution in [0.2, 0.25) is 0 Å². The molecule has 0 fully saturated rings. The Bertz CT molecular complexity index is 14.1. The molecule has 0 aromatic carbocycles. The van der Waals surface area contributed by atoms with Crippen molar-refractivity contribution in [2.75, 3.05) is 0 Å². The average molecular weight is 256 g/mol. The normalized spacial score (nSPS) is 0.571. The molecule has 0 aliphatic heterocycles. The highest BCUT2D eigenvalue weighted by molar-refractivity contribution is 4.22. The van der Waals surface area contributed by atoms with Crippen LogP contribution >= 0.6 is 0 Å². The van der Waals surface area contributed by atoms with Crippen LogP contribution in [0.15, 0.2) is 26.3 Å². The molecule has 0 aromatic heterocycles. The quantitative estimate of drug-likeness (QED) is 0.461. The van der Waals surface area contributed by atoms with Crippen LogP contribution in [-0.4, -0.2) is 0 Å². The minimum Gasteiger partial charge on any atom is -0.269 e. The highest BCUT2D eigenvalue weighted by Crippen LogP contribution is 0.864. The lowest BCUT2D eigenvalue weighted by molar-refractivity contribution is 1.11. The van der Waals surface area contributed by atoms with E-state index in [9.17, 15) is 0 Å². The summed E-state index contributed by atoms with van der Waals surface area (Å²) in [6.45, 7) is 12.0. The van der Waals surface area contributed by atoms with Gasteiger partial charge in [-0.1, -0.05) is 0 Å². The molecule has 0 atom stereocenters. The minimum absolute atomic E-state index is 0. The maximum Gasteiger partial charge on any atom is -0.106 e. The molecule has 0 bridgehead atoms. The Morgan fingerprint density at radius 2 is 0.214 bits per heavy atom. The van der Waals surface area contributed by atoms with Crippen molar-refractivity contribution in [3.8, 4) is 0 Å². The van der Waals surface area contributed by atoms with Crippen LogP contribution < -0.4 is 0 Å². The SMILES string of the molecule is C=C.C=C.F.F.F.F.F.F.F.F.F.F. The Balaban J connectivity index is -0.000000000333. The second-order valence-electron chi connectivity index (χ2n) is 0. The summed E-state index contributed by atoms with van der Waals surface area (Å²) < 4.78 is 0. The van der Waals surface area contributed by atoms with E-state index in [0.29, 0.717) is 0 Å². The molecule has 104 valence electrons. The smallest absolute Gasteiger partial charge is 0.106 e. The van der Waals surface area contributed by atoms with Crippen LogP contribution in [-0.2, 0) is 0 Å². The van der Waals surface area contributed by atoms with E-state index in [1.54, 1.807) is 0 Å². The Kier molecular flexibility index (Phi) is 191000. The number of hydrogen-bond acceptors (Lipinski definition) is 0. The summed E-state index contributed by atoms with van der Waals surface area (Å²) in [5, 5.41) is 0. The standard InChI is InChI=1S/2C2H4.10FH/c2*1-2;;;;;;;;;;/h2*1-2H2;10*1H. The lowest BCUT2D eigenvalue weighted by Crippen LogP contribution is -0.552. The number of rotatable bonds is 0. The van der Waals surface area contributed by atoms with Gasteiger partial charge in [0.05, 0.1) is 0 Å². The molecular weight excluding hydrogens is 238 g/mol. The Morgan fingerprint density at radius 3 is 0.214 bits per heavy atom. The third-order valence-electron chi connectivity index (χ3n) is 0. The predicted octanol–water partition coefficient (Wildman–Crippen LogP) is 3.13. The van der Waals surface area contributed by atoms with Crippen molar-refractivity contribution in [1.29, 1.82) is 0 Å². The number of halogens is 10. The molecule has 0 radical (unpaired) electrons. The highest BCUT2D eigenvalue weighted by atomic mass is 19.0. The summed E-state index contributed by atoms with van der Waals surface area (Å²) in [6.07, 6.45) is 0. The fourth-order valence-corrected chi connectivity index (χ4v) is 0. The number of hydrogen-bond donors (Lipinski definition) is 0. The van der Waals surface area contributed by atoms with E-state index >= 15 is 0 Å². The fraction of sp³-hybridized carbons (Fsp3) is 0. The monoisotopic (exact) mass is 256 g/mol. The molecule has 0 nitrogen and oxygen atoms in total. The third-order valence-corrected chi connectivity index (χ3v) is 0. The van der Waals surface area contributed by atoms with Gasteiger partial charge in [-0.05, 0) is 0 Å². The van der Waals surface area contributed by atoms with Gasteiger partial charge in [0.15, 0.2) is 0 Å². The fourth-order valence-electron chi connectivity index (χ4n) is 0. The van der Waals surface area contributed by atoms with Crippen LogP contribution in [0.25, 0.3) is 0 Å². The first-order valence-corrected chi connectivity index (χ1v) is 1.000. The summed E-state index contributed by atoms with van der Waals surface area (Å²) in [7, 11) is 0. The Morgan fingerprint density at radius 1 is 0.214 bits per heavy atom. The molecule has 0 aliphatic rings. The molecule has 0 heterocycles. The van der Waals surface area contributed by atoms with E-state index in [-0.39, 0.29) is 47.0 Å². The zero-order valence-electron chi connectivity index (χ0n) is 6.91. The van der Waals surface area contributed by atoms with Gasteiger partial charge in [0.1, 0.15) is 0 Å². The van der Waals surface area contributed by atoms with Crippen molar-refractivity contribution >= 4 is 0 Å². The summed E-state index contributed by atoms with van der Waals surface area (Å²) in [5.41, 5.74) is 0. The molecule has 0 unspecified atom stereocenters. The maximum atomic E-state index is 3.00. The van der Waals surface area contributed by atoms with Gasteiger partial charge >= 0.3 is 0 Å². The van der Waals surface area contributed by atoms with E-state index in [4.69, 9.17) is 0 Å².